The van der Waals surface area contributed by atoms with Crippen LogP contribution in [0.4, 0.5) is 0 Å². The third-order valence-electron chi connectivity index (χ3n) is 2.88. The van der Waals surface area contributed by atoms with Crippen LogP contribution in [-0.2, 0) is 4.74 Å². The van der Waals surface area contributed by atoms with Crippen molar-refractivity contribution < 1.29 is 4.74 Å². The summed E-state index contributed by atoms with van der Waals surface area (Å²) in [5, 5.41) is 8.37. The second-order valence-corrected chi connectivity index (χ2v) is 4.48. The highest BCUT2D eigenvalue weighted by Gasteiger charge is 2.07. The molecule has 1 aliphatic heterocycles. The van der Waals surface area contributed by atoms with Crippen LogP contribution in [0.1, 0.15) is 39.0 Å². The van der Waals surface area contributed by atoms with Gasteiger partial charge in [-0.25, -0.2) is 0 Å². The van der Waals surface area contributed by atoms with E-state index in [4.69, 9.17) is 10.00 Å². The molecule has 94 valence electrons. The standard InChI is InChI=1S/C14H22N2O/c1-14(17-13-7-9-15)8-3-6-12-16-10-4-2-5-11-16/h14H,2,4-5,7-8,10-13H2,1H3. The predicted octanol–water partition coefficient (Wildman–Crippen LogP) is 2.18. The van der Waals surface area contributed by atoms with Crippen LogP contribution in [-0.4, -0.2) is 37.2 Å². The zero-order chi connectivity index (χ0) is 12.3. The van der Waals surface area contributed by atoms with Gasteiger partial charge in [-0.3, -0.25) is 4.90 Å². The van der Waals surface area contributed by atoms with Crippen molar-refractivity contribution >= 4 is 0 Å². The Balaban J connectivity index is 2.06. The minimum Gasteiger partial charge on any atom is -0.376 e. The molecule has 0 spiro atoms. The van der Waals surface area contributed by atoms with Gasteiger partial charge in [0.1, 0.15) is 0 Å². The molecule has 0 aromatic heterocycles. The van der Waals surface area contributed by atoms with Gasteiger partial charge in [0.2, 0.25) is 0 Å². The lowest BCUT2D eigenvalue weighted by Gasteiger charge is -2.23. The first-order valence-electron chi connectivity index (χ1n) is 6.49. The van der Waals surface area contributed by atoms with Crippen molar-refractivity contribution in [3.05, 3.63) is 0 Å². The highest BCUT2D eigenvalue weighted by Crippen LogP contribution is 2.07. The van der Waals surface area contributed by atoms with Gasteiger partial charge < -0.3 is 4.74 Å². The fourth-order valence-corrected chi connectivity index (χ4v) is 1.87. The van der Waals surface area contributed by atoms with Crippen LogP contribution in [0.2, 0.25) is 0 Å². The van der Waals surface area contributed by atoms with Crippen LogP contribution >= 0.6 is 0 Å². The molecule has 0 bridgehead atoms. The van der Waals surface area contributed by atoms with Gasteiger partial charge in [-0.1, -0.05) is 18.3 Å². The van der Waals surface area contributed by atoms with E-state index in [0.717, 1.165) is 13.0 Å². The Morgan fingerprint density at radius 2 is 2.00 bits per heavy atom. The van der Waals surface area contributed by atoms with Gasteiger partial charge in [-0.15, -0.1) is 0 Å². The second kappa shape index (κ2) is 9.05. The third-order valence-corrected chi connectivity index (χ3v) is 2.88. The van der Waals surface area contributed by atoms with Crippen LogP contribution in [0.3, 0.4) is 0 Å². The highest BCUT2D eigenvalue weighted by molar-refractivity contribution is 5.02. The molecule has 0 aliphatic carbocycles. The number of hydrogen-bond donors (Lipinski definition) is 0. The van der Waals surface area contributed by atoms with Crippen LogP contribution < -0.4 is 0 Å². The smallest absolute Gasteiger partial charge is 0.0656 e. The number of ether oxygens (including phenoxy) is 1. The van der Waals surface area contributed by atoms with E-state index in [2.05, 4.69) is 22.8 Å². The van der Waals surface area contributed by atoms with Crippen LogP contribution in [0.15, 0.2) is 0 Å². The second-order valence-electron chi connectivity index (χ2n) is 4.48. The molecule has 0 saturated carbocycles. The largest absolute Gasteiger partial charge is 0.376 e. The molecule has 0 aromatic rings. The zero-order valence-corrected chi connectivity index (χ0v) is 10.7. The molecule has 0 radical (unpaired) electrons. The summed E-state index contributed by atoms with van der Waals surface area (Å²) in [6.07, 6.45) is 5.36. The molecule has 1 unspecified atom stereocenters. The van der Waals surface area contributed by atoms with Gasteiger partial charge in [-0.2, -0.15) is 5.26 Å². The fraction of sp³-hybridized carbons (Fsp3) is 0.786. The molecule has 17 heavy (non-hydrogen) atoms. The van der Waals surface area contributed by atoms with Crippen molar-refractivity contribution in [2.45, 2.75) is 45.1 Å². The fourth-order valence-electron chi connectivity index (χ4n) is 1.87. The normalized spacial score (nSPS) is 17.9. The summed E-state index contributed by atoms with van der Waals surface area (Å²) in [5.41, 5.74) is 0. The molecular weight excluding hydrogens is 212 g/mol. The Kier molecular flexibility index (Phi) is 7.47. The Morgan fingerprint density at radius 3 is 2.71 bits per heavy atom. The van der Waals surface area contributed by atoms with E-state index >= 15 is 0 Å². The van der Waals surface area contributed by atoms with Crippen LogP contribution in [0, 0.1) is 23.2 Å². The molecule has 1 atom stereocenters. The van der Waals surface area contributed by atoms with Crippen LogP contribution in [0.5, 0.6) is 0 Å². The summed E-state index contributed by atoms with van der Waals surface area (Å²) in [5.74, 6) is 6.37. The van der Waals surface area contributed by atoms with Crippen LogP contribution in [0.25, 0.3) is 0 Å². The lowest BCUT2D eigenvalue weighted by molar-refractivity contribution is 0.0739. The molecule has 1 aliphatic rings. The lowest BCUT2D eigenvalue weighted by atomic mass is 10.1. The molecule has 1 saturated heterocycles. The molecule has 0 amide bonds. The number of likely N-dealkylation sites (tertiary alicyclic amines) is 1. The lowest BCUT2D eigenvalue weighted by Crippen LogP contribution is -2.29. The maximum atomic E-state index is 8.37. The first-order chi connectivity index (χ1) is 8.33. The van der Waals surface area contributed by atoms with Gasteiger partial charge in [0, 0.05) is 6.42 Å². The molecule has 0 aromatic carbocycles. The molecule has 3 nitrogen and oxygen atoms in total. The van der Waals surface area contributed by atoms with Gasteiger partial charge in [0.05, 0.1) is 31.7 Å². The van der Waals surface area contributed by atoms with Crippen molar-refractivity contribution in [1.82, 2.24) is 4.90 Å². The van der Waals surface area contributed by atoms with E-state index in [1.807, 2.05) is 6.92 Å². The maximum Gasteiger partial charge on any atom is 0.0656 e. The summed E-state index contributed by atoms with van der Waals surface area (Å²) >= 11 is 0. The van der Waals surface area contributed by atoms with E-state index in [1.165, 1.54) is 32.4 Å². The summed E-state index contributed by atoms with van der Waals surface area (Å²) < 4.78 is 5.44. The summed E-state index contributed by atoms with van der Waals surface area (Å²) in [7, 11) is 0. The van der Waals surface area contributed by atoms with Crippen molar-refractivity contribution in [2.75, 3.05) is 26.2 Å². The first-order valence-corrected chi connectivity index (χ1v) is 6.49. The molecule has 3 heteroatoms. The summed E-state index contributed by atoms with van der Waals surface area (Å²) in [6.45, 7) is 5.81. The van der Waals surface area contributed by atoms with Gasteiger partial charge in [0.25, 0.3) is 0 Å². The Bertz CT molecular complexity index is 292. The number of hydrogen-bond acceptors (Lipinski definition) is 3. The molecular formula is C14H22N2O. The number of piperidine rings is 1. The highest BCUT2D eigenvalue weighted by atomic mass is 16.5. The number of rotatable bonds is 5. The van der Waals surface area contributed by atoms with Gasteiger partial charge in [0.15, 0.2) is 0 Å². The molecule has 0 N–H and O–H groups in total. The van der Waals surface area contributed by atoms with Gasteiger partial charge in [-0.05, 0) is 32.9 Å². The average Bonchev–Trinajstić information content (AvgIpc) is 2.36. The van der Waals surface area contributed by atoms with E-state index in [0.29, 0.717) is 13.0 Å². The number of nitriles is 1. The third kappa shape index (κ3) is 7.00. The Morgan fingerprint density at radius 1 is 1.24 bits per heavy atom. The monoisotopic (exact) mass is 234 g/mol. The number of nitrogens with zero attached hydrogens (tertiary/aromatic N) is 2. The van der Waals surface area contributed by atoms with Gasteiger partial charge >= 0.3 is 0 Å². The van der Waals surface area contributed by atoms with Crippen molar-refractivity contribution in [2.24, 2.45) is 0 Å². The molecule has 1 fully saturated rings. The minimum atomic E-state index is 0.136. The van der Waals surface area contributed by atoms with E-state index < -0.39 is 0 Å². The van der Waals surface area contributed by atoms with E-state index in [1.54, 1.807) is 0 Å². The maximum absolute atomic E-state index is 8.37. The first kappa shape index (κ1) is 14.0. The van der Waals surface area contributed by atoms with Crippen molar-refractivity contribution in [1.29, 1.82) is 5.26 Å². The van der Waals surface area contributed by atoms with E-state index in [-0.39, 0.29) is 6.10 Å². The summed E-state index contributed by atoms with van der Waals surface area (Å²) in [4.78, 5) is 2.41. The van der Waals surface area contributed by atoms with Crippen molar-refractivity contribution in [3.8, 4) is 17.9 Å². The Labute approximate surface area is 105 Å². The minimum absolute atomic E-state index is 0.136. The molecule has 1 rings (SSSR count). The topological polar surface area (TPSA) is 36.3 Å². The quantitative estimate of drug-likeness (QED) is 0.540. The van der Waals surface area contributed by atoms with Crippen molar-refractivity contribution in [3.63, 3.8) is 0 Å². The zero-order valence-electron chi connectivity index (χ0n) is 10.7. The summed E-state index contributed by atoms with van der Waals surface area (Å²) in [6, 6.07) is 2.07. The SMILES string of the molecule is CC(CC#CCN1CCCCC1)OCCC#N. The average molecular weight is 234 g/mol. The Hall–Kier alpha value is -1.03. The van der Waals surface area contributed by atoms with E-state index in [9.17, 15) is 0 Å². The molecule has 1 heterocycles. The predicted molar refractivity (Wildman–Crippen MR) is 68.3 cm³/mol.